The van der Waals surface area contributed by atoms with Crippen molar-refractivity contribution in [1.82, 2.24) is 4.31 Å². The van der Waals surface area contributed by atoms with Gasteiger partial charge in [0.25, 0.3) is 0 Å². The number of hydrogen-bond donors (Lipinski definition) is 0. The molecule has 1 aromatic carbocycles. The molecule has 0 amide bonds. The monoisotopic (exact) mass is 301 g/mol. The van der Waals surface area contributed by atoms with Gasteiger partial charge in [0.15, 0.2) is 0 Å². The lowest BCUT2D eigenvalue weighted by molar-refractivity contribution is 0.218. The Morgan fingerprint density at radius 1 is 1.26 bits per heavy atom. The quantitative estimate of drug-likeness (QED) is 0.804. The van der Waals surface area contributed by atoms with Crippen LogP contribution in [-0.4, -0.2) is 25.3 Å². The van der Waals surface area contributed by atoms with E-state index in [4.69, 9.17) is 11.6 Å². The number of piperidine rings is 1. The Balaban J connectivity index is 2.41. The van der Waals surface area contributed by atoms with E-state index < -0.39 is 10.0 Å². The van der Waals surface area contributed by atoms with Crippen molar-refractivity contribution >= 4 is 21.6 Å². The van der Waals surface area contributed by atoms with Crippen molar-refractivity contribution in [3.63, 3.8) is 0 Å². The minimum Gasteiger partial charge on any atom is -0.207 e. The van der Waals surface area contributed by atoms with E-state index in [1.54, 1.807) is 22.5 Å². The number of hydrogen-bond acceptors (Lipinski definition) is 2. The lowest BCUT2D eigenvalue weighted by Crippen LogP contribution is -2.45. The van der Waals surface area contributed by atoms with Gasteiger partial charge in [-0.3, -0.25) is 0 Å². The molecule has 5 heteroatoms. The van der Waals surface area contributed by atoms with E-state index in [9.17, 15) is 8.42 Å². The van der Waals surface area contributed by atoms with Crippen LogP contribution in [-0.2, 0) is 15.9 Å². The van der Waals surface area contributed by atoms with Crippen molar-refractivity contribution in [2.45, 2.75) is 43.5 Å². The first-order valence-corrected chi connectivity index (χ1v) is 8.60. The summed E-state index contributed by atoms with van der Waals surface area (Å²) in [6.07, 6.45) is 2.01. The molecule has 0 saturated carbocycles. The third-order valence-corrected chi connectivity index (χ3v) is 6.13. The average Bonchev–Trinajstić information content (AvgIpc) is 2.41. The summed E-state index contributed by atoms with van der Waals surface area (Å²) in [5, 5.41) is 0. The topological polar surface area (TPSA) is 37.4 Å². The maximum absolute atomic E-state index is 12.8. The zero-order chi connectivity index (χ0) is 14.0. The summed E-state index contributed by atoms with van der Waals surface area (Å²) in [5.74, 6) is 0.627. The van der Waals surface area contributed by atoms with E-state index in [1.807, 2.05) is 13.0 Å². The maximum atomic E-state index is 12.8. The Morgan fingerprint density at radius 3 is 2.63 bits per heavy atom. The number of benzene rings is 1. The summed E-state index contributed by atoms with van der Waals surface area (Å²) in [6, 6.07) is 7.06. The molecule has 0 aromatic heterocycles. The molecule has 1 saturated heterocycles. The van der Waals surface area contributed by atoms with Crippen molar-refractivity contribution in [2.24, 2.45) is 5.92 Å². The van der Waals surface area contributed by atoms with Gasteiger partial charge in [0.1, 0.15) is 0 Å². The number of alkyl halides is 1. The van der Waals surface area contributed by atoms with Gasteiger partial charge < -0.3 is 0 Å². The molecular formula is C14H20ClNO2S. The average molecular weight is 302 g/mol. The highest BCUT2D eigenvalue weighted by Gasteiger charge is 2.34. The van der Waals surface area contributed by atoms with Crippen LogP contribution < -0.4 is 0 Å². The van der Waals surface area contributed by atoms with E-state index in [0.717, 1.165) is 12.8 Å². The second-order valence-electron chi connectivity index (χ2n) is 5.35. The van der Waals surface area contributed by atoms with E-state index in [0.29, 0.717) is 22.9 Å². The van der Waals surface area contributed by atoms with Crippen molar-refractivity contribution in [3.05, 3.63) is 29.8 Å². The SMILES string of the molecule is CC1CCC(C)N(S(=O)(=O)c2ccccc2CCl)C1. The van der Waals surface area contributed by atoms with E-state index in [-0.39, 0.29) is 11.9 Å². The van der Waals surface area contributed by atoms with Crippen LogP contribution in [0.3, 0.4) is 0 Å². The molecular weight excluding hydrogens is 282 g/mol. The molecule has 0 N–H and O–H groups in total. The van der Waals surface area contributed by atoms with Crippen LogP contribution in [0.25, 0.3) is 0 Å². The first-order valence-electron chi connectivity index (χ1n) is 6.62. The number of rotatable bonds is 3. The molecule has 1 aliphatic rings. The van der Waals surface area contributed by atoms with Crippen LogP contribution in [0.1, 0.15) is 32.3 Å². The van der Waals surface area contributed by atoms with Crippen molar-refractivity contribution < 1.29 is 8.42 Å². The summed E-state index contributed by atoms with van der Waals surface area (Å²) in [5.41, 5.74) is 0.676. The fraction of sp³-hybridized carbons (Fsp3) is 0.571. The first kappa shape index (κ1) is 14.8. The van der Waals surface area contributed by atoms with Gasteiger partial charge in [-0.1, -0.05) is 25.1 Å². The molecule has 106 valence electrons. The molecule has 3 nitrogen and oxygen atoms in total. The van der Waals surface area contributed by atoms with Gasteiger partial charge in [0.05, 0.1) is 4.90 Å². The number of halogens is 1. The molecule has 0 radical (unpaired) electrons. The van der Waals surface area contributed by atoms with Crippen LogP contribution in [0, 0.1) is 5.92 Å². The van der Waals surface area contributed by atoms with Crippen LogP contribution >= 0.6 is 11.6 Å². The lowest BCUT2D eigenvalue weighted by atomic mass is 9.97. The molecule has 0 bridgehead atoms. The van der Waals surface area contributed by atoms with Gasteiger partial charge in [-0.05, 0) is 37.3 Å². The molecule has 1 aromatic rings. The molecule has 0 aliphatic carbocycles. The Hall–Kier alpha value is -0.580. The van der Waals surface area contributed by atoms with E-state index in [2.05, 4.69) is 6.92 Å². The molecule has 1 aliphatic heterocycles. The Labute approximate surface area is 120 Å². The van der Waals surface area contributed by atoms with Crippen molar-refractivity contribution in [1.29, 1.82) is 0 Å². The summed E-state index contributed by atoms with van der Waals surface area (Å²) in [6.45, 7) is 4.68. The summed E-state index contributed by atoms with van der Waals surface area (Å²) >= 11 is 5.86. The second kappa shape index (κ2) is 5.81. The van der Waals surface area contributed by atoms with Crippen LogP contribution in [0.5, 0.6) is 0 Å². The standard InChI is InChI=1S/C14H20ClNO2S/c1-11-7-8-12(2)16(10-11)19(17,18)14-6-4-3-5-13(14)9-15/h3-6,11-12H,7-10H2,1-2H3. The fourth-order valence-electron chi connectivity index (χ4n) is 2.58. The maximum Gasteiger partial charge on any atom is 0.243 e. The van der Waals surface area contributed by atoms with Gasteiger partial charge in [-0.25, -0.2) is 8.42 Å². The number of sulfonamides is 1. The molecule has 0 spiro atoms. The third-order valence-electron chi connectivity index (χ3n) is 3.76. The van der Waals surface area contributed by atoms with Gasteiger partial charge in [-0.15, -0.1) is 11.6 Å². The molecule has 2 unspecified atom stereocenters. The fourth-order valence-corrected chi connectivity index (χ4v) is 4.89. The van der Waals surface area contributed by atoms with Crippen LogP contribution in [0.15, 0.2) is 29.2 Å². The molecule has 19 heavy (non-hydrogen) atoms. The summed E-state index contributed by atoms with van der Waals surface area (Å²) < 4.78 is 27.2. The van der Waals surface area contributed by atoms with E-state index >= 15 is 0 Å². The Bertz CT molecular complexity index is 544. The van der Waals surface area contributed by atoms with Crippen LogP contribution in [0.4, 0.5) is 0 Å². The molecule has 2 atom stereocenters. The second-order valence-corrected chi connectivity index (χ2v) is 7.47. The normalized spacial score (nSPS) is 25.4. The minimum absolute atomic E-state index is 0.0598. The predicted octanol–water partition coefficient (Wildman–Crippen LogP) is 3.23. The molecule has 2 rings (SSSR count). The third kappa shape index (κ3) is 2.96. The highest BCUT2D eigenvalue weighted by molar-refractivity contribution is 7.89. The van der Waals surface area contributed by atoms with Crippen LogP contribution in [0.2, 0.25) is 0 Å². The zero-order valence-corrected chi connectivity index (χ0v) is 12.9. The minimum atomic E-state index is -3.44. The highest BCUT2D eigenvalue weighted by atomic mass is 35.5. The lowest BCUT2D eigenvalue weighted by Gasteiger charge is -2.36. The highest BCUT2D eigenvalue weighted by Crippen LogP contribution is 2.29. The van der Waals surface area contributed by atoms with Gasteiger partial charge in [-0.2, -0.15) is 4.31 Å². The first-order chi connectivity index (χ1) is 8.96. The summed E-state index contributed by atoms with van der Waals surface area (Å²) in [7, 11) is -3.44. The molecule has 1 heterocycles. The predicted molar refractivity (Wildman–Crippen MR) is 77.8 cm³/mol. The zero-order valence-electron chi connectivity index (χ0n) is 11.3. The number of nitrogens with zero attached hydrogens (tertiary/aromatic N) is 1. The van der Waals surface area contributed by atoms with E-state index in [1.165, 1.54) is 0 Å². The van der Waals surface area contributed by atoms with Crippen molar-refractivity contribution in [2.75, 3.05) is 6.54 Å². The Kier molecular flexibility index (Phi) is 4.54. The smallest absolute Gasteiger partial charge is 0.207 e. The van der Waals surface area contributed by atoms with Gasteiger partial charge >= 0.3 is 0 Å². The van der Waals surface area contributed by atoms with Gasteiger partial charge in [0, 0.05) is 18.5 Å². The van der Waals surface area contributed by atoms with Gasteiger partial charge in [0.2, 0.25) is 10.0 Å². The largest absolute Gasteiger partial charge is 0.243 e. The molecule has 1 fully saturated rings. The Morgan fingerprint density at radius 2 is 1.95 bits per heavy atom. The van der Waals surface area contributed by atoms with Crippen molar-refractivity contribution in [3.8, 4) is 0 Å². The summed E-state index contributed by atoms with van der Waals surface area (Å²) in [4.78, 5) is 0.353.